The first-order valence-corrected chi connectivity index (χ1v) is 24.8. The Kier molecular flexibility index (Phi) is 8.68. The van der Waals surface area contributed by atoms with Crippen LogP contribution in [0, 0.1) is 0 Å². The molecule has 0 saturated heterocycles. The average Bonchev–Trinajstić information content (AvgIpc) is 3.77. The van der Waals surface area contributed by atoms with Crippen LogP contribution >= 0.6 is 0 Å². The van der Waals surface area contributed by atoms with Crippen LogP contribution in [0.5, 0.6) is 0 Å². The maximum Gasteiger partial charge on any atom is 0.0725 e. The molecule has 0 N–H and O–H groups in total. The summed E-state index contributed by atoms with van der Waals surface area (Å²) in [7, 11) is 0. The van der Waals surface area contributed by atoms with Gasteiger partial charge >= 0.3 is 0 Å². The molecule has 14 aromatic rings. The molecule has 0 heteroatoms. The molecule has 0 bridgehead atoms. The van der Waals surface area contributed by atoms with Gasteiger partial charge in [-0.15, -0.1) is 0 Å². The van der Waals surface area contributed by atoms with Gasteiger partial charge in [0.25, 0.3) is 0 Å². The van der Waals surface area contributed by atoms with Crippen molar-refractivity contribution in [3.63, 3.8) is 0 Å². The molecule has 0 amide bonds. The van der Waals surface area contributed by atoms with Gasteiger partial charge in [0.1, 0.15) is 0 Å². The van der Waals surface area contributed by atoms with E-state index in [9.17, 15) is 0 Å². The highest BCUT2D eigenvalue weighted by Crippen LogP contribution is 2.62. The normalized spacial score (nSPS) is 12.9. The van der Waals surface area contributed by atoms with E-state index in [1.54, 1.807) is 0 Å². The summed E-state index contributed by atoms with van der Waals surface area (Å²) < 4.78 is 0. The van der Waals surface area contributed by atoms with Crippen molar-refractivity contribution in [2.24, 2.45) is 0 Å². The van der Waals surface area contributed by atoms with Crippen LogP contribution in [0.15, 0.2) is 267 Å². The van der Waals surface area contributed by atoms with Crippen molar-refractivity contribution in [3.05, 3.63) is 289 Å². The Bertz CT molecular complexity index is 4390. The van der Waals surface area contributed by atoms with Crippen molar-refractivity contribution in [1.29, 1.82) is 0 Å². The number of hydrogen-bond acceptors (Lipinski definition) is 0. The fourth-order valence-corrected chi connectivity index (χ4v) is 13.0. The number of fused-ring (bicyclic) bond motifs is 15. The lowest BCUT2D eigenvalue weighted by Crippen LogP contribution is -2.29. The van der Waals surface area contributed by atoms with Crippen LogP contribution in [-0.4, -0.2) is 0 Å². The van der Waals surface area contributed by atoms with Gasteiger partial charge in [0, 0.05) is 0 Å². The lowest BCUT2D eigenvalue weighted by atomic mass is 9.65. The minimum atomic E-state index is -0.567. The van der Waals surface area contributed by atoms with Crippen molar-refractivity contribution < 1.29 is 0 Å². The van der Waals surface area contributed by atoms with E-state index in [4.69, 9.17) is 0 Å². The first-order valence-electron chi connectivity index (χ1n) is 24.8. The lowest BCUT2D eigenvalue weighted by molar-refractivity contribution is 0.783. The summed E-state index contributed by atoms with van der Waals surface area (Å²) in [6, 6.07) is 100.0. The van der Waals surface area contributed by atoms with Crippen LogP contribution in [0.2, 0.25) is 0 Å². The second kappa shape index (κ2) is 15.5. The summed E-state index contributed by atoms with van der Waals surface area (Å²) in [5.41, 5.74) is 14.8. The smallest absolute Gasteiger partial charge is 0.0622 e. The second-order valence-corrected chi connectivity index (χ2v) is 19.4. The predicted octanol–water partition coefficient (Wildman–Crippen LogP) is 19.1. The van der Waals surface area contributed by atoms with Gasteiger partial charge in [-0.2, -0.15) is 0 Å². The van der Waals surface area contributed by atoms with Crippen LogP contribution in [0.25, 0.3) is 120 Å². The van der Waals surface area contributed by atoms with Gasteiger partial charge in [0.2, 0.25) is 0 Å². The molecule has 0 fully saturated rings. The van der Waals surface area contributed by atoms with Crippen LogP contribution in [-0.2, 0) is 5.41 Å². The topological polar surface area (TPSA) is 0 Å². The molecule has 0 unspecified atom stereocenters. The molecule has 0 saturated carbocycles. The SMILES string of the molecule is c1ccc(C2(c3ccccc3)c3c(ccc4cc(-c5ccc(-c6c7ccccc7c(-c7cc8ccccc8c8ccccc78)c7ccccc67)cc5)ccc34)-c3c2c2ccccc2c2ccccc32)cc1. The summed E-state index contributed by atoms with van der Waals surface area (Å²) in [5.74, 6) is 0. The zero-order chi connectivity index (χ0) is 46.6. The average molecular weight is 897 g/mol. The van der Waals surface area contributed by atoms with Gasteiger partial charge < -0.3 is 0 Å². The van der Waals surface area contributed by atoms with E-state index >= 15 is 0 Å². The zero-order valence-electron chi connectivity index (χ0n) is 38.9. The molecule has 1 aliphatic rings. The molecule has 328 valence electrons. The summed E-state index contributed by atoms with van der Waals surface area (Å²) >= 11 is 0. The van der Waals surface area contributed by atoms with Crippen molar-refractivity contribution in [2.45, 2.75) is 5.41 Å². The molecule has 0 heterocycles. The standard InChI is InChI=1S/C71H44/c1-3-20-50(21-4-1)71(51-22-5-2-6-23-51)69-53-41-39-47(43-49(53)40-42-64(69)68-58-29-13-11-26-55(58)56-27-12-18-34-63(56)70(68)71)45-35-37-46(38-36-45)66-59-30-14-16-32-61(59)67(62-33-17-15-31-60(62)66)65-44-48-19-7-8-24-52(48)54-25-9-10-28-57(54)65/h1-44H. The molecule has 0 nitrogen and oxygen atoms in total. The van der Waals surface area contributed by atoms with Gasteiger partial charge in [-0.3, -0.25) is 0 Å². The third-order valence-electron chi connectivity index (χ3n) is 15.9. The van der Waals surface area contributed by atoms with E-state index in [1.807, 2.05) is 0 Å². The Balaban J connectivity index is 0.916. The first kappa shape index (κ1) is 39.9. The molecule has 71 heavy (non-hydrogen) atoms. The molecular formula is C71H44. The lowest BCUT2D eigenvalue weighted by Gasteiger charge is -2.35. The van der Waals surface area contributed by atoms with Gasteiger partial charge in [-0.05, 0) is 154 Å². The highest BCUT2D eigenvalue weighted by molar-refractivity contribution is 6.26. The molecule has 0 atom stereocenters. The molecule has 14 aromatic carbocycles. The second-order valence-electron chi connectivity index (χ2n) is 19.4. The predicted molar refractivity (Wildman–Crippen MR) is 303 cm³/mol. The molecule has 0 radical (unpaired) electrons. The van der Waals surface area contributed by atoms with Crippen molar-refractivity contribution in [1.82, 2.24) is 0 Å². The minimum Gasteiger partial charge on any atom is -0.0622 e. The minimum absolute atomic E-state index is 0.567. The van der Waals surface area contributed by atoms with Crippen molar-refractivity contribution >= 4 is 75.4 Å². The first-order chi connectivity index (χ1) is 35.3. The van der Waals surface area contributed by atoms with E-state index in [2.05, 4.69) is 267 Å². The third-order valence-corrected chi connectivity index (χ3v) is 15.9. The molecule has 0 spiro atoms. The molecule has 0 aromatic heterocycles. The van der Waals surface area contributed by atoms with Crippen LogP contribution in [0.4, 0.5) is 0 Å². The van der Waals surface area contributed by atoms with Crippen LogP contribution < -0.4 is 0 Å². The van der Waals surface area contributed by atoms with E-state index in [0.29, 0.717) is 0 Å². The summed E-state index contributed by atoms with van der Waals surface area (Å²) in [6.45, 7) is 0. The molecule has 0 aliphatic heterocycles. The number of rotatable bonds is 5. The summed E-state index contributed by atoms with van der Waals surface area (Å²) in [6.07, 6.45) is 0. The van der Waals surface area contributed by atoms with Gasteiger partial charge in [-0.1, -0.05) is 255 Å². The largest absolute Gasteiger partial charge is 0.0725 e. The summed E-state index contributed by atoms with van der Waals surface area (Å²) in [5, 5.41) is 17.8. The Morgan fingerprint density at radius 2 is 0.620 bits per heavy atom. The van der Waals surface area contributed by atoms with Gasteiger partial charge in [0.05, 0.1) is 5.41 Å². The van der Waals surface area contributed by atoms with Crippen LogP contribution in [0.1, 0.15) is 22.3 Å². The maximum absolute atomic E-state index is 2.42. The number of benzene rings is 14. The zero-order valence-corrected chi connectivity index (χ0v) is 38.9. The Morgan fingerprint density at radius 1 is 0.197 bits per heavy atom. The molecule has 15 rings (SSSR count). The quantitative estimate of drug-likeness (QED) is 0.119. The Hall–Kier alpha value is -9.10. The van der Waals surface area contributed by atoms with E-state index in [-0.39, 0.29) is 0 Å². The van der Waals surface area contributed by atoms with Crippen LogP contribution in [0.3, 0.4) is 0 Å². The highest BCUT2D eigenvalue weighted by Gasteiger charge is 2.49. The Labute approximate surface area is 412 Å². The maximum atomic E-state index is 2.42. The summed E-state index contributed by atoms with van der Waals surface area (Å²) in [4.78, 5) is 0. The Morgan fingerprint density at radius 3 is 1.23 bits per heavy atom. The monoisotopic (exact) mass is 896 g/mol. The molecule has 1 aliphatic carbocycles. The van der Waals surface area contributed by atoms with E-state index in [1.165, 1.54) is 142 Å². The number of hydrogen-bond donors (Lipinski definition) is 0. The van der Waals surface area contributed by atoms with Gasteiger partial charge in [-0.25, -0.2) is 0 Å². The fourth-order valence-electron chi connectivity index (χ4n) is 13.0. The highest BCUT2D eigenvalue weighted by atomic mass is 14.5. The van der Waals surface area contributed by atoms with Crippen molar-refractivity contribution in [3.8, 4) is 44.5 Å². The third kappa shape index (κ3) is 5.68. The van der Waals surface area contributed by atoms with Gasteiger partial charge in [0.15, 0.2) is 0 Å². The fraction of sp³-hybridized carbons (Fsp3) is 0.0141. The van der Waals surface area contributed by atoms with Crippen molar-refractivity contribution in [2.75, 3.05) is 0 Å². The van der Waals surface area contributed by atoms with E-state index in [0.717, 1.165) is 0 Å². The van der Waals surface area contributed by atoms with E-state index < -0.39 is 5.41 Å². The molecular weight excluding hydrogens is 853 g/mol.